The normalized spacial score (nSPS) is 12.6. The van der Waals surface area contributed by atoms with Gasteiger partial charge < -0.3 is 10.4 Å². The molecule has 2 aromatic rings. The van der Waals surface area contributed by atoms with Gasteiger partial charge in [0.25, 0.3) is 0 Å². The number of amides is 1. The number of fused-ring (bicyclic) bond motifs is 1. The molecular weight excluding hydrogens is 238 g/mol. The number of anilines is 1. The summed E-state index contributed by atoms with van der Waals surface area (Å²) < 4.78 is 0. The maximum Gasteiger partial charge on any atom is 0.227 e. The molecule has 0 saturated heterocycles. The predicted molar refractivity (Wildman–Crippen MR) is 78.0 cm³/mol. The van der Waals surface area contributed by atoms with Crippen LogP contribution >= 0.6 is 0 Å². The summed E-state index contributed by atoms with van der Waals surface area (Å²) in [7, 11) is 0. The lowest BCUT2D eigenvalue weighted by molar-refractivity contribution is -0.118. The monoisotopic (exact) mass is 257 g/mol. The molecule has 1 atom stereocenters. The van der Waals surface area contributed by atoms with Gasteiger partial charge in [0.05, 0.1) is 12.5 Å². The second-order valence-corrected chi connectivity index (χ2v) is 5.09. The number of aliphatic hydroxyl groups is 1. The van der Waals surface area contributed by atoms with Gasteiger partial charge in [-0.15, -0.1) is 0 Å². The van der Waals surface area contributed by atoms with Gasteiger partial charge in [-0.25, -0.2) is 0 Å². The summed E-state index contributed by atoms with van der Waals surface area (Å²) >= 11 is 0. The van der Waals surface area contributed by atoms with Gasteiger partial charge in [-0.1, -0.05) is 50.2 Å². The maximum absolute atomic E-state index is 11.9. The molecule has 0 aliphatic carbocycles. The summed E-state index contributed by atoms with van der Waals surface area (Å²) in [5, 5.41) is 14.7. The SMILES string of the molecule is CC(C)C(O)CC(=O)Nc1cccc2ccccc12. The molecule has 0 aliphatic rings. The van der Waals surface area contributed by atoms with Crippen molar-refractivity contribution in [2.45, 2.75) is 26.4 Å². The van der Waals surface area contributed by atoms with Crippen LogP contribution in [0, 0.1) is 5.92 Å². The number of rotatable bonds is 4. The third-order valence-corrected chi connectivity index (χ3v) is 3.23. The van der Waals surface area contributed by atoms with Gasteiger partial charge in [-0.05, 0) is 17.4 Å². The molecule has 1 amide bonds. The van der Waals surface area contributed by atoms with Gasteiger partial charge in [0.1, 0.15) is 0 Å². The molecule has 3 heteroatoms. The average Bonchev–Trinajstić information content (AvgIpc) is 2.39. The zero-order valence-electron chi connectivity index (χ0n) is 11.3. The molecule has 0 aromatic heterocycles. The van der Waals surface area contributed by atoms with Crippen LogP contribution in [0.1, 0.15) is 20.3 Å². The van der Waals surface area contributed by atoms with E-state index in [9.17, 15) is 9.90 Å². The molecule has 0 heterocycles. The van der Waals surface area contributed by atoms with Crippen molar-refractivity contribution in [1.29, 1.82) is 0 Å². The molecule has 0 radical (unpaired) electrons. The standard InChI is InChI=1S/C16H19NO2/c1-11(2)15(18)10-16(19)17-14-9-5-7-12-6-3-4-8-13(12)14/h3-9,11,15,18H,10H2,1-2H3,(H,17,19). The number of aliphatic hydroxyl groups excluding tert-OH is 1. The Labute approximate surface area is 113 Å². The van der Waals surface area contributed by atoms with E-state index in [1.807, 2.05) is 56.3 Å². The Morgan fingerprint density at radius 2 is 1.84 bits per heavy atom. The first-order valence-electron chi connectivity index (χ1n) is 6.53. The van der Waals surface area contributed by atoms with Crippen LogP contribution in [0.5, 0.6) is 0 Å². The Morgan fingerprint density at radius 1 is 1.16 bits per heavy atom. The van der Waals surface area contributed by atoms with Gasteiger partial charge in [0.2, 0.25) is 5.91 Å². The molecule has 100 valence electrons. The third kappa shape index (κ3) is 3.32. The van der Waals surface area contributed by atoms with E-state index in [4.69, 9.17) is 0 Å². The highest BCUT2D eigenvalue weighted by Gasteiger charge is 2.14. The van der Waals surface area contributed by atoms with Crippen LogP contribution < -0.4 is 5.32 Å². The maximum atomic E-state index is 11.9. The zero-order chi connectivity index (χ0) is 13.8. The molecule has 2 rings (SSSR count). The topological polar surface area (TPSA) is 49.3 Å². The number of hydrogen-bond donors (Lipinski definition) is 2. The van der Waals surface area contributed by atoms with Gasteiger partial charge in [-0.2, -0.15) is 0 Å². The van der Waals surface area contributed by atoms with E-state index in [-0.39, 0.29) is 18.2 Å². The van der Waals surface area contributed by atoms with E-state index in [0.717, 1.165) is 16.5 Å². The van der Waals surface area contributed by atoms with Gasteiger partial charge in [0, 0.05) is 11.1 Å². The lowest BCUT2D eigenvalue weighted by Gasteiger charge is -2.14. The minimum absolute atomic E-state index is 0.0817. The molecule has 2 N–H and O–H groups in total. The number of carbonyl (C=O) groups is 1. The van der Waals surface area contributed by atoms with Crippen LogP contribution in [0.25, 0.3) is 10.8 Å². The summed E-state index contributed by atoms with van der Waals surface area (Å²) in [6.07, 6.45) is -0.476. The minimum Gasteiger partial charge on any atom is -0.392 e. The Kier molecular flexibility index (Phi) is 4.17. The number of benzene rings is 2. The quantitative estimate of drug-likeness (QED) is 0.883. The lowest BCUT2D eigenvalue weighted by Crippen LogP contribution is -2.23. The van der Waals surface area contributed by atoms with E-state index < -0.39 is 6.10 Å². The van der Waals surface area contributed by atoms with Crippen molar-refractivity contribution in [1.82, 2.24) is 0 Å². The van der Waals surface area contributed by atoms with Crippen LogP contribution in [-0.2, 0) is 4.79 Å². The fourth-order valence-corrected chi connectivity index (χ4v) is 1.96. The van der Waals surface area contributed by atoms with Crippen LogP contribution in [0.15, 0.2) is 42.5 Å². The van der Waals surface area contributed by atoms with Crippen molar-refractivity contribution < 1.29 is 9.90 Å². The average molecular weight is 257 g/mol. The van der Waals surface area contributed by atoms with E-state index in [1.54, 1.807) is 0 Å². The Bertz CT molecular complexity index is 572. The second kappa shape index (κ2) is 5.85. The largest absolute Gasteiger partial charge is 0.392 e. The summed E-state index contributed by atoms with van der Waals surface area (Å²) in [6.45, 7) is 3.80. The van der Waals surface area contributed by atoms with Gasteiger partial charge >= 0.3 is 0 Å². The van der Waals surface area contributed by atoms with Crippen molar-refractivity contribution in [2.75, 3.05) is 5.32 Å². The molecule has 0 bridgehead atoms. The van der Waals surface area contributed by atoms with Crippen LogP contribution in [0.4, 0.5) is 5.69 Å². The summed E-state index contributed by atoms with van der Waals surface area (Å²) in [5.41, 5.74) is 0.791. The zero-order valence-corrected chi connectivity index (χ0v) is 11.3. The molecule has 3 nitrogen and oxygen atoms in total. The van der Waals surface area contributed by atoms with Crippen molar-refractivity contribution in [3.05, 3.63) is 42.5 Å². The van der Waals surface area contributed by atoms with Crippen molar-refractivity contribution in [3.63, 3.8) is 0 Å². The summed E-state index contributed by atoms with van der Waals surface area (Å²) in [6, 6.07) is 13.7. The molecule has 1 unspecified atom stereocenters. The molecule has 0 spiro atoms. The molecule has 0 fully saturated rings. The summed E-state index contributed by atoms with van der Waals surface area (Å²) in [4.78, 5) is 11.9. The van der Waals surface area contributed by atoms with Crippen LogP contribution in [-0.4, -0.2) is 17.1 Å². The molecule has 0 saturated carbocycles. The van der Waals surface area contributed by atoms with Crippen molar-refractivity contribution in [3.8, 4) is 0 Å². The van der Waals surface area contributed by atoms with Gasteiger partial charge in [0.15, 0.2) is 0 Å². The third-order valence-electron chi connectivity index (χ3n) is 3.23. The fourth-order valence-electron chi connectivity index (χ4n) is 1.96. The molecule has 2 aromatic carbocycles. The second-order valence-electron chi connectivity index (χ2n) is 5.09. The van der Waals surface area contributed by atoms with Crippen LogP contribution in [0.2, 0.25) is 0 Å². The minimum atomic E-state index is -0.602. The fraction of sp³-hybridized carbons (Fsp3) is 0.312. The van der Waals surface area contributed by atoms with Crippen molar-refractivity contribution >= 4 is 22.4 Å². The van der Waals surface area contributed by atoms with Crippen molar-refractivity contribution in [2.24, 2.45) is 5.92 Å². The summed E-state index contributed by atoms with van der Waals surface area (Å²) in [5.74, 6) is -0.0733. The highest BCUT2D eigenvalue weighted by molar-refractivity contribution is 6.02. The number of nitrogens with one attached hydrogen (secondary N) is 1. The van der Waals surface area contributed by atoms with Crippen LogP contribution in [0.3, 0.4) is 0 Å². The first kappa shape index (κ1) is 13.6. The highest BCUT2D eigenvalue weighted by atomic mass is 16.3. The smallest absolute Gasteiger partial charge is 0.227 e. The lowest BCUT2D eigenvalue weighted by atomic mass is 10.0. The number of hydrogen-bond acceptors (Lipinski definition) is 2. The predicted octanol–water partition coefficient (Wildman–Crippen LogP) is 3.19. The Morgan fingerprint density at radius 3 is 2.58 bits per heavy atom. The molecule has 0 aliphatic heterocycles. The molecular formula is C16H19NO2. The van der Waals surface area contributed by atoms with E-state index in [1.165, 1.54) is 0 Å². The first-order valence-corrected chi connectivity index (χ1v) is 6.53. The Balaban J connectivity index is 2.15. The van der Waals surface area contributed by atoms with E-state index in [0.29, 0.717) is 0 Å². The number of carbonyl (C=O) groups excluding carboxylic acids is 1. The highest BCUT2D eigenvalue weighted by Crippen LogP contribution is 2.23. The van der Waals surface area contributed by atoms with E-state index >= 15 is 0 Å². The first-order chi connectivity index (χ1) is 9.08. The van der Waals surface area contributed by atoms with E-state index in [2.05, 4.69) is 5.32 Å². The Hall–Kier alpha value is -1.87. The molecule has 19 heavy (non-hydrogen) atoms. The van der Waals surface area contributed by atoms with Gasteiger partial charge in [-0.3, -0.25) is 4.79 Å².